The normalized spacial score (nSPS) is 10.1. The third-order valence-corrected chi connectivity index (χ3v) is 3.03. The van der Waals surface area contributed by atoms with Crippen molar-refractivity contribution in [1.82, 2.24) is 4.98 Å². The van der Waals surface area contributed by atoms with Gasteiger partial charge < -0.3 is 5.11 Å². The lowest BCUT2D eigenvalue weighted by Crippen LogP contribution is -2.10. The van der Waals surface area contributed by atoms with Gasteiger partial charge in [-0.3, -0.25) is 4.79 Å². The molecule has 1 aromatic heterocycles. The molecule has 0 fully saturated rings. The lowest BCUT2D eigenvalue weighted by Gasteiger charge is -2.03. The number of carboxylic acids is 1. The maximum Gasteiger partial charge on any atom is 0.336 e. The molecule has 0 radical (unpaired) electrons. The van der Waals surface area contributed by atoms with E-state index in [9.17, 15) is 9.59 Å². The number of nitrogens with zero attached hydrogens (tertiary/aromatic N) is 1. The minimum Gasteiger partial charge on any atom is -0.478 e. The molecule has 17 heavy (non-hydrogen) atoms. The lowest BCUT2D eigenvalue weighted by molar-refractivity contribution is 0.0692. The predicted octanol–water partition coefficient (Wildman–Crippen LogP) is 2.27. The molecule has 86 valence electrons. The molecule has 1 heterocycles. The van der Waals surface area contributed by atoms with Crippen molar-refractivity contribution in [2.45, 2.75) is 6.42 Å². The van der Waals surface area contributed by atoms with Crippen molar-refractivity contribution in [3.05, 3.63) is 52.0 Å². The van der Waals surface area contributed by atoms with Crippen LogP contribution in [0.2, 0.25) is 0 Å². The van der Waals surface area contributed by atoms with Crippen molar-refractivity contribution in [2.75, 3.05) is 0 Å². The van der Waals surface area contributed by atoms with Gasteiger partial charge in [-0.15, -0.1) is 11.3 Å². The van der Waals surface area contributed by atoms with Crippen molar-refractivity contribution >= 4 is 23.1 Å². The number of hydrogen-bond acceptors (Lipinski definition) is 4. The Bertz CT molecular complexity index is 549. The molecule has 0 aliphatic heterocycles. The van der Waals surface area contributed by atoms with Crippen LogP contribution in [0.15, 0.2) is 35.8 Å². The number of Topliss-reactive ketones (excluding diaryl/α,β-unsaturated/α-hetero) is 1. The van der Waals surface area contributed by atoms with Crippen molar-refractivity contribution in [3.8, 4) is 0 Å². The second-order valence-electron chi connectivity index (χ2n) is 3.38. The van der Waals surface area contributed by atoms with Crippen LogP contribution in [0.4, 0.5) is 0 Å². The fourth-order valence-corrected chi connectivity index (χ4v) is 2.10. The predicted molar refractivity (Wildman–Crippen MR) is 63.5 cm³/mol. The highest BCUT2D eigenvalue weighted by Gasteiger charge is 2.16. The Morgan fingerprint density at radius 2 is 1.94 bits per heavy atom. The Labute approximate surface area is 102 Å². The van der Waals surface area contributed by atoms with Gasteiger partial charge in [-0.2, -0.15) is 0 Å². The van der Waals surface area contributed by atoms with Crippen LogP contribution in [0, 0.1) is 0 Å². The number of ketones is 1. The van der Waals surface area contributed by atoms with Crippen LogP contribution < -0.4 is 0 Å². The zero-order valence-corrected chi connectivity index (χ0v) is 9.61. The Morgan fingerprint density at radius 1 is 1.24 bits per heavy atom. The Kier molecular flexibility index (Phi) is 3.30. The summed E-state index contributed by atoms with van der Waals surface area (Å²) in [4.78, 5) is 26.9. The van der Waals surface area contributed by atoms with Gasteiger partial charge in [0.05, 0.1) is 12.0 Å². The maximum atomic E-state index is 11.9. The van der Waals surface area contributed by atoms with Crippen LogP contribution in [0.25, 0.3) is 0 Å². The fourth-order valence-electron chi connectivity index (χ4n) is 1.49. The fraction of sp³-hybridized carbons (Fsp3) is 0.0833. The van der Waals surface area contributed by atoms with Crippen molar-refractivity contribution in [1.29, 1.82) is 0 Å². The van der Waals surface area contributed by atoms with Crippen LogP contribution in [-0.2, 0) is 6.42 Å². The molecular formula is C12H9NO3S. The topological polar surface area (TPSA) is 67.3 Å². The first-order valence-electron chi connectivity index (χ1n) is 4.92. The molecular weight excluding hydrogens is 238 g/mol. The second kappa shape index (κ2) is 4.88. The molecule has 2 rings (SSSR count). The van der Waals surface area contributed by atoms with Crippen LogP contribution in [-0.4, -0.2) is 21.8 Å². The largest absolute Gasteiger partial charge is 0.478 e. The van der Waals surface area contributed by atoms with Crippen molar-refractivity contribution < 1.29 is 14.7 Å². The van der Waals surface area contributed by atoms with Crippen LogP contribution in [0.3, 0.4) is 0 Å². The smallest absolute Gasteiger partial charge is 0.336 e. The molecule has 0 amide bonds. The summed E-state index contributed by atoms with van der Waals surface area (Å²) in [6.45, 7) is 0. The van der Waals surface area contributed by atoms with Gasteiger partial charge >= 0.3 is 5.97 Å². The maximum absolute atomic E-state index is 11.9. The highest BCUT2D eigenvalue weighted by Crippen LogP contribution is 2.14. The van der Waals surface area contributed by atoms with Crippen LogP contribution in [0.5, 0.6) is 0 Å². The molecule has 0 aliphatic rings. The van der Waals surface area contributed by atoms with Crippen molar-refractivity contribution in [2.24, 2.45) is 0 Å². The molecule has 0 saturated carbocycles. The standard InChI is InChI=1S/C12H9NO3S/c14-10(7-11-13-5-6-17-11)8-3-1-2-4-9(8)12(15)16/h1-6H,7H2,(H,15,16). The van der Waals surface area contributed by atoms with E-state index in [0.717, 1.165) is 0 Å². The highest BCUT2D eigenvalue weighted by molar-refractivity contribution is 7.09. The van der Waals surface area contributed by atoms with Gasteiger partial charge in [0, 0.05) is 17.1 Å². The molecule has 0 spiro atoms. The third kappa shape index (κ3) is 2.57. The first kappa shape index (κ1) is 11.5. The van der Waals surface area contributed by atoms with E-state index in [4.69, 9.17) is 5.11 Å². The van der Waals surface area contributed by atoms with Crippen LogP contribution >= 0.6 is 11.3 Å². The summed E-state index contributed by atoms with van der Waals surface area (Å²) < 4.78 is 0. The summed E-state index contributed by atoms with van der Waals surface area (Å²) >= 11 is 1.38. The molecule has 0 aliphatic carbocycles. The monoisotopic (exact) mass is 247 g/mol. The average Bonchev–Trinajstić information content (AvgIpc) is 2.81. The van der Waals surface area contributed by atoms with E-state index in [2.05, 4.69) is 4.98 Å². The van der Waals surface area contributed by atoms with E-state index in [0.29, 0.717) is 5.01 Å². The zero-order valence-electron chi connectivity index (χ0n) is 8.79. The second-order valence-corrected chi connectivity index (χ2v) is 4.36. The summed E-state index contributed by atoms with van der Waals surface area (Å²) in [6.07, 6.45) is 1.76. The third-order valence-electron chi connectivity index (χ3n) is 2.25. The molecule has 0 unspecified atom stereocenters. The Balaban J connectivity index is 2.28. The number of carbonyl (C=O) groups is 2. The summed E-state index contributed by atoms with van der Waals surface area (Å²) in [7, 11) is 0. The molecule has 2 aromatic rings. The number of aromatic carboxylic acids is 1. The zero-order chi connectivity index (χ0) is 12.3. The van der Waals surface area contributed by atoms with E-state index in [1.54, 1.807) is 23.7 Å². The molecule has 0 bridgehead atoms. The molecule has 5 heteroatoms. The van der Waals surface area contributed by atoms with Gasteiger partial charge in [0.15, 0.2) is 5.78 Å². The molecule has 0 atom stereocenters. The number of rotatable bonds is 4. The number of carboxylic acid groups (broad SMARTS) is 1. The van der Waals surface area contributed by atoms with E-state index < -0.39 is 5.97 Å². The number of aromatic nitrogens is 1. The average molecular weight is 247 g/mol. The summed E-state index contributed by atoms with van der Waals surface area (Å²) in [5, 5.41) is 11.4. The van der Waals surface area contributed by atoms with E-state index in [1.807, 2.05) is 0 Å². The van der Waals surface area contributed by atoms with E-state index in [-0.39, 0.29) is 23.3 Å². The van der Waals surface area contributed by atoms with Gasteiger partial charge in [0.1, 0.15) is 5.01 Å². The number of thiazole rings is 1. The Hall–Kier alpha value is -2.01. The molecule has 1 aromatic carbocycles. The number of carbonyl (C=O) groups excluding carboxylic acids is 1. The lowest BCUT2D eigenvalue weighted by atomic mass is 10.0. The molecule has 0 saturated heterocycles. The highest BCUT2D eigenvalue weighted by atomic mass is 32.1. The van der Waals surface area contributed by atoms with Gasteiger partial charge in [-0.05, 0) is 6.07 Å². The van der Waals surface area contributed by atoms with Gasteiger partial charge in [-0.1, -0.05) is 18.2 Å². The SMILES string of the molecule is O=C(O)c1ccccc1C(=O)Cc1nccs1. The van der Waals surface area contributed by atoms with Crippen molar-refractivity contribution in [3.63, 3.8) is 0 Å². The van der Waals surface area contributed by atoms with Gasteiger partial charge in [-0.25, -0.2) is 9.78 Å². The minimum absolute atomic E-state index is 0.0362. The molecule has 4 nitrogen and oxygen atoms in total. The van der Waals surface area contributed by atoms with E-state index in [1.165, 1.54) is 23.5 Å². The summed E-state index contributed by atoms with van der Waals surface area (Å²) in [5.41, 5.74) is 0.268. The van der Waals surface area contributed by atoms with Gasteiger partial charge in [0.2, 0.25) is 0 Å². The number of hydrogen-bond donors (Lipinski definition) is 1. The van der Waals surface area contributed by atoms with E-state index >= 15 is 0 Å². The minimum atomic E-state index is -1.09. The van der Waals surface area contributed by atoms with Crippen LogP contribution in [0.1, 0.15) is 25.7 Å². The van der Waals surface area contributed by atoms with Gasteiger partial charge in [0.25, 0.3) is 0 Å². The molecule has 1 N–H and O–H groups in total. The first-order chi connectivity index (χ1) is 8.18. The summed E-state index contributed by atoms with van der Waals surface area (Å²) in [5.74, 6) is -1.31. The first-order valence-corrected chi connectivity index (χ1v) is 5.80. The number of benzene rings is 1. The summed E-state index contributed by atoms with van der Waals surface area (Å²) in [6, 6.07) is 6.21. The Morgan fingerprint density at radius 3 is 2.53 bits per heavy atom. The quantitative estimate of drug-likeness (QED) is 0.841.